The zero-order valence-electron chi connectivity index (χ0n) is 11.8. The van der Waals surface area contributed by atoms with E-state index in [4.69, 9.17) is 12.2 Å². The van der Waals surface area contributed by atoms with Gasteiger partial charge in [-0.05, 0) is 29.9 Å². The van der Waals surface area contributed by atoms with Crippen molar-refractivity contribution >= 4 is 41.0 Å². The zero-order valence-corrected chi connectivity index (χ0v) is 14.2. The minimum absolute atomic E-state index is 0.102. The van der Waals surface area contributed by atoms with E-state index in [0.717, 1.165) is 15.6 Å². The Bertz CT molecular complexity index is 890. The Kier molecular flexibility index (Phi) is 4.85. The Morgan fingerprint density at radius 3 is 2.74 bits per heavy atom. The third-order valence-electron chi connectivity index (χ3n) is 3.01. The summed E-state index contributed by atoms with van der Waals surface area (Å²) >= 11 is 8.31. The molecule has 3 rings (SSSR count). The maximum atomic E-state index is 10.8. The molecule has 0 radical (unpaired) electrons. The maximum absolute atomic E-state index is 10.8. The molecule has 1 aromatic heterocycles. The average Bonchev–Trinajstić information content (AvgIpc) is 2.95. The summed E-state index contributed by atoms with van der Waals surface area (Å²) in [7, 11) is 0. The van der Waals surface area contributed by atoms with E-state index in [1.54, 1.807) is 16.8 Å². The van der Waals surface area contributed by atoms with Gasteiger partial charge in [-0.2, -0.15) is 0 Å². The van der Waals surface area contributed by atoms with Gasteiger partial charge in [0, 0.05) is 17.9 Å². The van der Waals surface area contributed by atoms with Crippen LogP contribution >= 0.6 is 35.3 Å². The molecule has 0 saturated heterocycles. The summed E-state index contributed by atoms with van der Waals surface area (Å²) in [5.74, 6) is 0.610. The van der Waals surface area contributed by atoms with Crippen LogP contribution in [0, 0.1) is 14.1 Å². The molecule has 8 heteroatoms. The lowest BCUT2D eigenvalue weighted by molar-refractivity contribution is -0.384. The van der Waals surface area contributed by atoms with Crippen molar-refractivity contribution < 1.29 is 4.92 Å². The van der Waals surface area contributed by atoms with Crippen molar-refractivity contribution in [1.29, 1.82) is 0 Å². The van der Waals surface area contributed by atoms with Crippen LogP contribution in [0.1, 0.15) is 5.56 Å². The topological polar surface area (TPSA) is 61.0 Å². The Balaban J connectivity index is 1.76. The van der Waals surface area contributed by atoms with E-state index in [-0.39, 0.29) is 10.6 Å². The van der Waals surface area contributed by atoms with Gasteiger partial charge in [-0.15, -0.1) is 5.10 Å². The first-order valence-electron chi connectivity index (χ1n) is 6.65. The molecule has 3 aromatic rings. The molecule has 0 N–H and O–H groups in total. The van der Waals surface area contributed by atoms with Crippen molar-refractivity contribution in [3.8, 4) is 5.69 Å². The second-order valence-corrected chi connectivity index (χ2v) is 7.44. The molecule has 23 heavy (non-hydrogen) atoms. The molecule has 1 heterocycles. The van der Waals surface area contributed by atoms with Crippen LogP contribution in [0.5, 0.6) is 0 Å². The Hall–Kier alpha value is -2.03. The number of nitrogens with zero attached hydrogens (tertiary/aromatic N) is 3. The molecule has 0 bridgehead atoms. The summed E-state index contributed by atoms with van der Waals surface area (Å²) in [6.45, 7) is 0. The standard InChI is InChI=1S/C15H11N3O2S3/c19-18(20)13-8-4-5-11(9-13)10-22-14-16-17(15(21)23-14)12-6-2-1-3-7-12/h1-9H,10H2. The fourth-order valence-corrected chi connectivity index (χ4v) is 4.26. The number of thioether (sulfide) groups is 1. The molecular weight excluding hydrogens is 350 g/mol. The Morgan fingerprint density at radius 1 is 1.22 bits per heavy atom. The number of nitro groups is 1. The first kappa shape index (κ1) is 15.9. The summed E-state index contributed by atoms with van der Waals surface area (Å²) < 4.78 is 3.25. The van der Waals surface area contributed by atoms with Crippen molar-refractivity contribution in [3.05, 3.63) is 74.2 Å². The number of non-ortho nitro benzene ring substituents is 1. The van der Waals surface area contributed by atoms with E-state index in [2.05, 4.69) is 5.10 Å². The molecule has 0 aliphatic rings. The van der Waals surface area contributed by atoms with Crippen LogP contribution in [0.2, 0.25) is 0 Å². The quantitative estimate of drug-likeness (QED) is 0.281. The highest BCUT2D eigenvalue weighted by Crippen LogP contribution is 2.28. The van der Waals surface area contributed by atoms with E-state index in [1.807, 2.05) is 36.4 Å². The van der Waals surface area contributed by atoms with Gasteiger partial charge >= 0.3 is 0 Å². The molecule has 5 nitrogen and oxygen atoms in total. The van der Waals surface area contributed by atoms with Crippen molar-refractivity contribution in [2.75, 3.05) is 0 Å². The molecule has 0 fully saturated rings. The van der Waals surface area contributed by atoms with Crippen LogP contribution in [0.4, 0.5) is 5.69 Å². The number of benzene rings is 2. The van der Waals surface area contributed by atoms with Gasteiger partial charge in [0.05, 0.1) is 10.6 Å². The van der Waals surface area contributed by atoms with Crippen molar-refractivity contribution in [2.24, 2.45) is 0 Å². The summed E-state index contributed by atoms with van der Waals surface area (Å²) in [6, 6.07) is 16.3. The fourth-order valence-electron chi connectivity index (χ4n) is 1.96. The third kappa shape index (κ3) is 3.84. The van der Waals surface area contributed by atoms with Crippen LogP contribution in [-0.4, -0.2) is 14.7 Å². The van der Waals surface area contributed by atoms with Crippen LogP contribution in [0.25, 0.3) is 5.69 Å². The first-order chi connectivity index (χ1) is 11.1. The number of hydrogen-bond donors (Lipinski definition) is 0. The van der Waals surface area contributed by atoms with Gasteiger partial charge < -0.3 is 0 Å². The van der Waals surface area contributed by atoms with Gasteiger partial charge in [-0.3, -0.25) is 10.1 Å². The van der Waals surface area contributed by atoms with Crippen molar-refractivity contribution in [2.45, 2.75) is 10.1 Å². The summed E-state index contributed by atoms with van der Waals surface area (Å²) in [4.78, 5) is 10.4. The lowest BCUT2D eigenvalue weighted by atomic mass is 10.2. The number of rotatable bonds is 5. The summed E-state index contributed by atoms with van der Waals surface area (Å²) in [5.41, 5.74) is 1.91. The Labute approximate surface area is 145 Å². The zero-order chi connectivity index (χ0) is 16.2. The second-order valence-electron chi connectivity index (χ2n) is 4.60. The molecule has 0 unspecified atom stereocenters. The third-order valence-corrected chi connectivity index (χ3v) is 5.45. The summed E-state index contributed by atoms with van der Waals surface area (Å²) in [6.07, 6.45) is 0. The largest absolute Gasteiger partial charge is 0.269 e. The van der Waals surface area contributed by atoms with Crippen LogP contribution in [0.3, 0.4) is 0 Å². The van der Waals surface area contributed by atoms with Crippen LogP contribution in [0.15, 0.2) is 58.9 Å². The minimum atomic E-state index is -0.387. The molecule has 0 aliphatic carbocycles. The van der Waals surface area contributed by atoms with E-state index < -0.39 is 0 Å². The SMILES string of the molecule is O=[N+]([O-])c1cccc(CSc2nn(-c3ccccc3)c(=S)s2)c1. The van der Waals surface area contributed by atoms with Gasteiger partial charge in [0.15, 0.2) is 8.29 Å². The number of nitro benzene ring substituents is 1. The summed E-state index contributed by atoms with van der Waals surface area (Å²) in [5, 5.41) is 15.3. The number of aromatic nitrogens is 2. The monoisotopic (exact) mass is 361 g/mol. The number of para-hydroxylation sites is 1. The predicted octanol–water partition coefficient (Wildman–Crippen LogP) is 4.86. The van der Waals surface area contributed by atoms with Gasteiger partial charge in [0.1, 0.15) is 0 Å². The normalized spacial score (nSPS) is 10.6. The van der Waals surface area contributed by atoms with Gasteiger partial charge in [-0.25, -0.2) is 4.68 Å². The van der Waals surface area contributed by atoms with Gasteiger partial charge in [0.25, 0.3) is 5.69 Å². The molecular formula is C15H11N3O2S3. The van der Waals surface area contributed by atoms with E-state index >= 15 is 0 Å². The maximum Gasteiger partial charge on any atom is 0.269 e. The van der Waals surface area contributed by atoms with E-state index in [1.165, 1.54) is 29.2 Å². The first-order valence-corrected chi connectivity index (χ1v) is 8.86. The van der Waals surface area contributed by atoms with Crippen LogP contribution < -0.4 is 0 Å². The highest BCUT2D eigenvalue weighted by atomic mass is 32.2. The van der Waals surface area contributed by atoms with Gasteiger partial charge in [-0.1, -0.05) is 53.4 Å². The molecule has 0 saturated carbocycles. The highest BCUT2D eigenvalue weighted by Gasteiger charge is 2.09. The fraction of sp³-hybridized carbons (Fsp3) is 0.0667. The molecule has 0 spiro atoms. The Morgan fingerprint density at radius 2 is 2.00 bits per heavy atom. The van der Waals surface area contributed by atoms with E-state index in [9.17, 15) is 10.1 Å². The molecule has 0 atom stereocenters. The predicted molar refractivity (Wildman–Crippen MR) is 94.9 cm³/mol. The molecule has 2 aromatic carbocycles. The van der Waals surface area contributed by atoms with Crippen LogP contribution in [-0.2, 0) is 5.75 Å². The van der Waals surface area contributed by atoms with Crippen molar-refractivity contribution in [1.82, 2.24) is 9.78 Å². The lowest BCUT2D eigenvalue weighted by Crippen LogP contribution is -1.95. The molecule has 116 valence electrons. The minimum Gasteiger partial charge on any atom is -0.258 e. The smallest absolute Gasteiger partial charge is 0.258 e. The number of hydrogen-bond acceptors (Lipinski definition) is 6. The molecule has 0 amide bonds. The van der Waals surface area contributed by atoms with E-state index in [0.29, 0.717) is 9.71 Å². The molecule has 0 aliphatic heterocycles. The highest BCUT2D eigenvalue weighted by molar-refractivity contribution is 8.00. The second kappa shape index (κ2) is 7.03. The van der Waals surface area contributed by atoms with Gasteiger partial charge in [0.2, 0.25) is 0 Å². The lowest BCUT2D eigenvalue weighted by Gasteiger charge is -2.00. The van der Waals surface area contributed by atoms with Crippen molar-refractivity contribution in [3.63, 3.8) is 0 Å². The average molecular weight is 361 g/mol.